The van der Waals surface area contributed by atoms with Crippen LogP contribution in [0.25, 0.3) is 0 Å². The number of alkyl halides is 2. The first-order chi connectivity index (χ1) is 10.4. The molecule has 1 aliphatic heterocycles. The minimum absolute atomic E-state index is 0.485. The van der Waals surface area contributed by atoms with E-state index in [1.165, 1.54) is 53.2 Å². The second kappa shape index (κ2) is 8.49. The van der Waals surface area contributed by atoms with Gasteiger partial charge < -0.3 is 0 Å². The predicted molar refractivity (Wildman–Crippen MR) is 83.4 cm³/mol. The van der Waals surface area contributed by atoms with Crippen molar-refractivity contribution < 1.29 is 25.9 Å². The molecule has 0 spiro atoms. The number of nitrogens with zero attached hydrogens (tertiary/aromatic N) is 1. The third-order valence-electron chi connectivity index (χ3n) is 4.71. The normalized spacial score (nSPS) is 28.0. The van der Waals surface area contributed by atoms with E-state index in [-0.39, 0.29) is 0 Å². The third kappa shape index (κ3) is 4.67. The molecule has 1 heterocycles. The Morgan fingerprint density at radius 2 is 1.81 bits per heavy atom. The minimum atomic E-state index is 0.485. The molecule has 1 unspecified atom stereocenters. The second-order valence-electron chi connectivity index (χ2n) is 6.10. The van der Waals surface area contributed by atoms with E-state index in [4.69, 9.17) is 4.74 Å². The van der Waals surface area contributed by atoms with Crippen molar-refractivity contribution in [2.45, 2.75) is 44.2 Å². The van der Waals surface area contributed by atoms with E-state index < -0.39 is 0 Å². The molecule has 2 aliphatic rings. The summed E-state index contributed by atoms with van der Waals surface area (Å²) >= 11 is 0.526. The van der Waals surface area contributed by atoms with Gasteiger partial charge in [-0.3, -0.25) is 0 Å². The molecular weight excluding hydrogens is 373 g/mol. The summed E-state index contributed by atoms with van der Waals surface area (Å²) in [5.74, 6) is 0. The van der Waals surface area contributed by atoms with Crippen molar-refractivity contribution in [1.82, 2.24) is 4.90 Å². The van der Waals surface area contributed by atoms with Crippen molar-refractivity contribution in [2.75, 3.05) is 28.6 Å². The van der Waals surface area contributed by atoms with Crippen LogP contribution in [0.2, 0.25) is 0 Å². The van der Waals surface area contributed by atoms with Crippen LogP contribution in [-0.4, -0.2) is 45.6 Å². The van der Waals surface area contributed by atoms with E-state index >= 15 is 0 Å². The number of benzene rings is 1. The number of halogens is 1. The van der Waals surface area contributed by atoms with E-state index in [9.17, 15) is 0 Å². The molecule has 3 heteroatoms. The van der Waals surface area contributed by atoms with E-state index in [2.05, 4.69) is 35.2 Å². The van der Waals surface area contributed by atoms with Gasteiger partial charge in [0.05, 0.1) is 0 Å². The van der Waals surface area contributed by atoms with Crippen molar-refractivity contribution in [1.29, 1.82) is 0 Å². The SMILES string of the molecule is c1ccc(CCO[C@H]2CCCCC2N2CC[I-]CC2)cc1. The molecule has 2 nitrogen and oxygen atoms in total. The molecule has 1 aromatic carbocycles. The van der Waals surface area contributed by atoms with Crippen molar-refractivity contribution in [2.24, 2.45) is 0 Å². The summed E-state index contributed by atoms with van der Waals surface area (Å²) in [5.41, 5.74) is 1.40. The summed E-state index contributed by atoms with van der Waals surface area (Å²) in [6, 6.07) is 11.4. The third-order valence-corrected chi connectivity index (χ3v) is 7.20. The van der Waals surface area contributed by atoms with Crippen molar-refractivity contribution >= 4 is 0 Å². The topological polar surface area (TPSA) is 12.5 Å². The van der Waals surface area contributed by atoms with Gasteiger partial charge in [0.2, 0.25) is 0 Å². The Hall–Kier alpha value is -0.130. The van der Waals surface area contributed by atoms with Crippen LogP contribution in [0, 0.1) is 0 Å². The molecule has 0 amide bonds. The van der Waals surface area contributed by atoms with E-state index in [1.807, 2.05) is 0 Å². The number of rotatable bonds is 5. The molecular formula is C18H27INO-. The molecule has 1 saturated heterocycles. The fourth-order valence-electron chi connectivity index (χ4n) is 3.54. The average Bonchev–Trinajstić information content (AvgIpc) is 2.57. The first-order valence-corrected chi connectivity index (χ1v) is 11.4. The molecule has 2 fully saturated rings. The van der Waals surface area contributed by atoms with Crippen LogP contribution in [0.15, 0.2) is 30.3 Å². The maximum atomic E-state index is 6.32. The van der Waals surface area contributed by atoms with Gasteiger partial charge in [0.25, 0.3) is 0 Å². The fourth-order valence-corrected chi connectivity index (χ4v) is 6.00. The van der Waals surface area contributed by atoms with Gasteiger partial charge in [-0.25, -0.2) is 0 Å². The second-order valence-corrected chi connectivity index (χ2v) is 9.34. The molecule has 1 aliphatic carbocycles. The zero-order valence-electron chi connectivity index (χ0n) is 12.8. The summed E-state index contributed by atoms with van der Waals surface area (Å²) in [5, 5.41) is 0. The quantitative estimate of drug-likeness (QED) is 0.508. The Balaban J connectivity index is 1.49. The number of ether oxygens (including phenoxy) is 1. The van der Waals surface area contributed by atoms with E-state index in [0.717, 1.165) is 13.0 Å². The van der Waals surface area contributed by atoms with Crippen molar-refractivity contribution in [3.63, 3.8) is 0 Å². The first-order valence-electron chi connectivity index (χ1n) is 8.36. The zero-order chi connectivity index (χ0) is 14.3. The molecule has 0 radical (unpaired) electrons. The van der Waals surface area contributed by atoms with Crippen LogP contribution in [0.3, 0.4) is 0 Å². The Kier molecular flexibility index (Phi) is 6.37. The van der Waals surface area contributed by atoms with Crippen LogP contribution < -0.4 is 21.2 Å². The summed E-state index contributed by atoms with van der Waals surface area (Å²) in [6.45, 7) is 3.57. The van der Waals surface area contributed by atoms with Gasteiger partial charge >= 0.3 is 140 Å². The molecule has 0 bridgehead atoms. The Labute approximate surface area is 139 Å². The molecule has 118 valence electrons. The zero-order valence-corrected chi connectivity index (χ0v) is 15.0. The molecule has 0 aromatic heterocycles. The maximum absolute atomic E-state index is 6.32. The molecule has 1 saturated carbocycles. The predicted octanol–water partition coefficient (Wildman–Crippen LogP) is -0.0385. The molecule has 21 heavy (non-hydrogen) atoms. The van der Waals surface area contributed by atoms with Gasteiger partial charge in [-0.1, -0.05) is 0 Å². The summed E-state index contributed by atoms with van der Waals surface area (Å²) in [7, 11) is 0. The molecule has 0 N–H and O–H groups in total. The van der Waals surface area contributed by atoms with Crippen LogP contribution in [0.1, 0.15) is 31.2 Å². The van der Waals surface area contributed by atoms with Gasteiger partial charge in [-0.15, -0.1) is 0 Å². The van der Waals surface area contributed by atoms with Gasteiger partial charge in [0.15, 0.2) is 0 Å². The van der Waals surface area contributed by atoms with Gasteiger partial charge in [-0.2, -0.15) is 0 Å². The van der Waals surface area contributed by atoms with E-state index in [0.29, 0.717) is 33.4 Å². The van der Waals surface area contributed by atoms with Crippen LogP contribution in [0.4, 0.5) is 0 Å². The van der Waals surface area contributed by atoms with Crippen LogP contribution >= 0.6 is 0 Å². The molecule has 2 atom stereocenters. The van der Waals surface area contributed by atoms with Crippen LogP contribution in [-0.2, 0) is 11.2 Å². The van der Waals surface area contributed by atoms with Crippen molar-refractivity contribution in [3.05, 3.63) is 35.9 Å². The van der Waals surface area contributed by atoms with Gasteiger partial charge in [0, 0.05) is 0 Å². The summed E-state index contributed by atoms with van der Waals surface area (Å²) in [6.07, 6.45) is 6.91. The average molecular weight is 400 g/mol. The Morgan fingerprint density at radius 3 is 2.62 bits per heavy atom. The standard InChI is InChI=1S/C18H27INO/c1-2-6-16(7-3-1)10-15-21-18-9-5-4-8-17(18)20-13-11-19-12-14-20/h1-3,6-7,17-18H,4-5,8-15H2/q-1/t17?,18-/m0/s1. The van der Waals surface area contributed by atoms with Gasteiger partial charge in [0.1, 0.15) is 0 Å². The number of hydrogen-bond acceptors (Lipinski definition) is 2. The Morgan fingerprint density at radius 1 is 1.05 bits per heavy atom. The molecule has 1 aromatic rings. The molecule has 3 rings (SSSR count). The first kappa shape index (κ1) is 15.8. The Bertz CT molecular complexity index is 405. The summed E-state index contributed by atoms with van der Waals surface area (Å²) < 4.78 is 9.30. The van der Waals surface area contributed by atoms with E-state index in [1.54, 1.807) is 0 Å². The van der Waals surface area contributed by atoms with Crippen LogP contribution in [0.5, 0.6) is 0 Å². The van der Waals surface area contributed by atoms with Gasteiger partial charge in [-0.05, 0) is 0 Å². The summed E-state index contributed by atoms with van der Waals surface area (Å²) in [4.78, 5) is 2.75. The fraction of sp³-hybridized carbons (Fsp3) is 0.667. The number of hydrogen-bond donors (Lipinski definition) is 0. The van der Waals surface area contributed by atoms with Crippen molar-refractivity contribution in [3.8, 4) is 0 Å². The monoisotopic (exact) mass is 400 g/mol.